The van der Waals surface area contributed by atoms with Gasteiger partial charge in [0.25, 0.3) is 5.91 Å². The van der Waals surface area contributed by atoms with Crippen LogP contribution in [-0.2, 0) is 10.5 Å². The lowest BCUT2D eigenvalue weighted by molar-refractivity contribution is -0.137. The molecule has 5 nitrogen and oxygen atoms in total. The maximum Gasteiger partial charge on any atom is 0.303 e. The predicted molar refractivity (Wildman–Crippen MR) is 101 cm³/mol. The summed E-state index contributed by atoms with van der Waals surface area (Å²) < 4.78 is 0. The van der Waals surface area contributed by atoms with Crippen molar-refractivity contribution in [2.75, 3.05) is 6.54 Å². The van der Waals surface area contributed by atoms with Crippen molar-refractivity contribution in [1.82, 2.24) is 10.3 Å². The largest absolute Gasteiger partial charge is 0.481 e. The first kappa shape index (κ1) is 19.5. The first-order chi connectivity index (χ1) is 12.0. The van der Waals surface area contributed by atoms with Crippen molar-refractivity contribution in [2.45, 2.75) is 43.3 Å². The molecule has 1 aromatic heterocycles. The third-order valence-corrected chi connectivity index (χ3v) is 5.39. The summed E-state index contributed by atoms with van der Waals surface area (Å²) in [4.78, 5) is 28.0. The number of nitrogens with zero attached hydrogens (tertiary/aromatic N) is 1. The normalized spacial score (nSPS) is 10.6. The van der Waals surface area contributed by atoms with E-state index in [0.29, 0.717) is 18.5 Å². The van der Waals surface area contributed by atoms with Gasteiger partial charge in [0.1, 0.15) is 0 Å². The number of amides is 1. The molecule has 2 N–H and O–H groups in total. The zero-order chi connectivity index (χ0) is 18.1. The van der Waals surface area contributed by atoms with E-state index in [0.717, 1.165) is 34.2 Å². The lowest BCUT2D eigenvalue weighted by Gasteiger charge is -2.06. The van der Waals surface area contributed by atoms with Crippen molar-refractivity contribution in [2.24, 2.45) is 0 Å². The SMILES string of the molecule is Cc1nc(CSc2ccc(C(=O)NCCCCCC(=O)O)cc2)cs1. The van der Waals surface area contributed by atoms with E-state index in [1.165, 1.54) is 0 Å². The van der Waals surface area contributed by atoms with Crippen molar-refractivity contribution in [3.8, 4) is 0 Å². The maximum absolute atomic E-state index is 12.1. The van der Waals surface area contributed by atoms with E-state index in [-0.39, 0.29) is 12.3 Å². The van der Waals surface area contributed by atoms with E-state index in [1.807, 2.05) is 31.2 Å². The lowest BCUT2D eigenvalue weighted by atomic mass is 10.2. The summed E-state index contributed by atoms with van der Waals surface area (Å²) in [7, 11) is 0. The molecule has 2 rings (SSSR count). The number of rotatable bonds is 10. The van der Waals surface area contributed by atoms with Gasteiger partial charge in [0.2, 0.25) is 0 Å². The highest BCUT2D eigenvalue weighted by molar-refractivity contribution is 7.98. The molecule has 0 aliphatic rings. The molecule has 0 fully saturated rings. The fraction of sp³-hybridized carbons (Fsp3) is 0.389. The fourth-order valence-electron chi connectivity index (χ4n) is 2.22. The highest BCUT2D eigenvalue weighted by Crippen LogP contribution is 2.23. The summed E-state index contributed by atoms with van der Waals surface area (Å²) in [6.07, 6.45) is 2.43. The smallest absolute Gasteiger partial charge is 0.303 e. The number of carbonyl (C=O) groups is 2. The number of carboxylic acid groups (broad SMARTS) is 1. The van der Waals surface area contributed by atoms with Crippen LogP contribution in [0.25, 0.3) is 0 Å². The number of hydrogen-bond donors (Lipinski definition) is 2. The highest BCUT2D eigenvalue weighted by Gasteiger charge is 2.06. The number of aliphatic carboxylic acids is 1. The maximum atomic E-state index is 12.1. The molecule has 0 radical (unpaired) electrons. The van der Waals surface area contributed by atoms with Gasteiger partial charge in [0, 0.05) is 34.6 Å². The second kappa shape index (κ2) is 10.2. The molecule has 0 aliphatic carbocycles. The molecule has 1 amide bonds. The van der Waals surface area contributed by atoms with Crippen LogP contribution in [-0.4, -0.2) is 28.5 Å². The van der Waals surface area contributed by atoms with Gasteiger partial charge in [-0.1, -0.05) is 6.42 Å². The Kier molecular flexibility index (Phi) is 7.94. The molecule has 0 spiro atoms. The summed E-state index contributed by atoms with van der Waals surface area (Å²) in [6, 6.07) is 7.56. The third-order valence-electron chi connectivity index (χ3n) is 3.52. The number of aryl methyl sites for hydroxylation is 1. The number of hydrogen-bond acceptors (Lipinski definition) is 5. The average Bonchev–Trinajstić information content (AvgIpc) is 3.01. The van der Waals surface area contributed by atoms with Gasteiger partial charge in [0.05, 0.1) is 10.7 Å². The van der Waals surface area contributed by atoms with Crippen molar-refractivity contribution in [3.05, 3.63) is 45.9 Å². The molecule has 25 heavy (non-hydrogen) atoms. The van der Waals surface area contributed by atoms with Crippen LogP contribution in [0.3, 0.4) is 0 Å². The Hall–Kier alpha value is -1.86. The van der Waals surface area contributed by atoms with Gasteiger partial charge in [-0.25, -0.2) is 4.98 Å². The van der Waals surface area contributed by atoms with Gasteiger partial charge < -0.3 is 10.4 Å². The van der Waals surface area contributed by atoms with Crippen LogP contribution >= 0.6 is 23.1 Å². The number of thiazole rings is 1. The Morgan fingerprint density at radius 3 is 2.60 bits per heavy atom. The Balaban J connectivity index is 1.69. The number of benzene rings is 1. The van der Waals surface area contributed by atoms with E-state index < -0.39 is 5.97 Å². The molecule has 0 unspecified atom stereocenters. The molecule has 134 valence electrons. The van der Waals surface area contributed by atoms with Crippen molar-refractivity contribution in [3.63, 3.8) is 0 Å². The van der Waals surface area contributed by atoms with Gasteiger partial charge in [0.15, 0.2) is 0 Å². The molecule has 0 saturated carbocycles. The summed E-state index contributed by atoms with van der Waals surface area (Å²) >= 11 is 3.35. The van der Waals surface area contributed by atoms with Gasteiger partial charge in [-0.05, 0) is 44.0 Å². The molecular weight excluding hydrogens is 356 g/mol. The topological polar surface area (TPSA) is 79.3 Å². The Morgan fingerprint density at radius 1 is 1.20 bits per heavy atom. The zero-order valence-corrected chi connectivity index (χ0v) is 15.8. The van der Waals surface area contributed by atoms with E-state index in [1.54, 1.807) is 23.1 Å². The van der Waals surface area contributed by atoms with Crippen LogP contribution < -0.4 is 5.32 Å². The number of nitrogens with one attached hydrogen (secondary N) is 1. The Morgan fingerprint density at radius 2 is 1.96 bits per heavy atom. The minimum Gasteiger partial charge on any atom is -0.481 e. The third kappa shape index (κ3) is 7.27. The monoisotopic (exact) mass is 378 g/mol. The molecule has 0 atom stereocenters. The number of carboxylic acids is 1. The summed E-state index contributed by atoms with van der Waals surface area (Å²) in [6.45, 7) is 2.57. The molecular formula is C18H22N2O3S2. The standard InChI is InChI=1S/C18H22N2O3S2/c1-13-20-15(11-24-13)12-25-16-8-6-14(7-9-16)18(23)19-10-4-2-3-5-17(21)22/h6-9,11H,2-5,10,12H2,1H3,(H,19,23)(H,21,22). The Bertz CT molecular complexity index is 699. The number of thioether (sulfide) groups is 1. The van der Waals surface area contributed by atoms with Crippen LogP contribution in [0.1, 0.15) is 46.7 Å². The summed E-state index contributed by atoms with van der Waals surface area (Å²) in [5.41, 5.74) is 1.72. The van der Waals surface area contributed by atoms with Crippen LogP contribution in [0, 0.1) is 6.92 Å². The highest BCUT2D eigenvalue weighted by atomic mass is 32.2. The van der Waals surface area contributed by atoms with Crippen LogP contribution in [0.2, 0.25) is 0 Å². The number of carbonyl (C=O) groups excluding carboxylic acids is 1. The Labute approximate surface area is 155 Å². The van der Waals surface area contributed by atoms with Crippen LogP contribution in [0.4, 0.5) is 0 Å². The summed E-state index contributed by atoms with van der Waals surface area (Å²) in [5.74, 6) is -0.0384. The van der Waals surface area contributed by atoms with Crippen LogP contribution in [0.15, 0.2) is 34.5 Å². The van der Waals surface area contributed by atoms with Crippen LogP contribution in [0.5, 0.6) is 0 Å². The van der Waals surface area contributed by atoms with Crippen molar-refractivity contribution >= 4 is 35.0 Å². The quantitative estimate of drug-likeness (QED) is 0.480. The molecule has 0 saturated heterocycles. The number of aromatic nitrogens is 1. The predicted octanol–water partition coefficient (Wildman–Crippen LogP) is 4.12. The average molecular weight is 379 g/mol. The molecule has 2 aromatic rings. The second-order valence-corrected chi connectivity index (χ2v) is 7.74. The number of unbranched alkanes of at least 4 members (excludes halogenated alkanes) is 2. The lowest BCUT2D eigenvalue weighted by Crippen LogP contribution is -2.24. The molecule has 1 heterocycles. The van der Waals surface area contributed by atoms with Gasteiger partial charge in [-0.3, -0.25) is 9.59 Å². The van der Waals surface area contributed by atoms with Crippen molar-refractivity contribution < 1.29 is 14.7 Å². The van der Waals surface area contributed by atoms with E-state index >= 15 is 0 Å². The fourth-order valence-corrected chi connectivity index (χ4v) is 3.73. The second-order valence-electron chi connectivity index (χ2n) is 5.63. The van der Waals surface area contributed by atoms with E-state index in [9.17, 15) is 9.59 Å². The van der Waals surface area contributed by atoms with Crippen molar-refractivity contribution in [1.29, 1.82) is 0 Å². The summed E-state index contributed by atoms with van der Waals surface area (Å²) in [5, 5.41) is 14.6. The molecule has 0 aliphatic heterocycles. The van der Waals surface area contributed by atoms with E-state index in [4.69, 9.17) is 5.11 Å². The van der Waals surface area contributed by atoms with Gasteiger partial charge >= 0.3 is 5.97 Å². The minimum absolute atomic E-state index is 0.0927. The molecule has 1 aromatic carbocycles. The first-order valence-corrected chi connectivity index (χ1v) is 10.0. The molecule has 0 bridgehead atoms. The van der Waals surface area contributed by atoms with E-state index in [2.05, 4.69) is 15.7 Å². The molecule has 7 heteroatoms. The first-order valence-electron chi connectivity index (χ1n) is 8.18. The van der Waals surface area contributed by atoms with Gasteiger partial charge in [-0.15, -0.1) is 23.1 Å². The minimum atomic E-state index is -0.771. The van der Waals surface area contributed by atoms with Gasteiger partial charge in [-0.2, -0.15) is 0 Å². The zero-order valence-electron chi connectivity index (χ0n) is 14.2.